The molecule has 0 N–H and O–H groups in total. The number of carbonyl (C=O) groups excluding carboxylic acids is 2. The van der Waals surface area contributed by atoms with Gasteiger partial charge in [0, 0.05) is 24.2 Å². The van der Waals surface area contributed by atoms with Crippen molar-refractivity contribution in [1.29, 1.82) is 0 Å². The van der Waals surface area contributed by atoms with Crippen molar-refractivity contribution in [3.8, 4) is 16.9 Å². The molecule has 2 aliphatic heterocycles. The molecule has 2 aliphatic rings. The number of benzene rings is 3. The van der Waals surface area contributed by atoms with Crippen LogP contribution in [0, 0.1) is 20.8 Å². The molecular formula is C33H34N4O3S. The molecule has 2 amide bonds. The Bertz CT molecular complexity index is 1590. The van der Waals surface area contributed by atoms with Crippen LogP contribution in [-0.2, 0) is 14.3 Å². The Hall–Kier alpha value is -3.88. The molecule has 0 spiro atoms. The number of anilines is 1. The first kappa shape index (κ1) is 27.3. The predicted octanol–water partition coefficient (Wildman–Crippen LogP) is 5.49. The molecule has 1 aromatic heterocycles. The van der Waals surface area contributed by atoms with Gasteiger partial charge in [-0.2, -0.15) is 5.10 Å². The zero-order valence-electron chi connectivity index (χ0n) is 23.7. The Balaban J connectivity index is 1.61. The van der Waals surface area contributed by atoms with Crippen molar-refractivity contribution in [3.63, 3.8) is 0 Å². The van der Waals surface area contributed by atoms with Crippen LogP contribution in [0.4, 0.5) is 5.82 Å². The molecule has 7 nitrogen and oxygen atoms in total. The second-order valence-electron chi connectivity index (χ2n) is 10.7. The van der Waals surface area contributed by atoms with E-state index < -0.39 is 0 Å². The fourth-order valence-corrected chi connectivity index (χ4v) is 7.01. The van der Waals surface area contributed by atoms with Crippen LogP contribution in [-0.4, -0.2) is 65.1 Å². The lowest BCUT2D eigenvalue weighted by molar-refractivity contribution is -0.134. The number of fused-ring (bicyclic) bond motifs is 1. The number of amides is 2. The van der Waals surface area contributed by atoms with Crippen molar-refractivity contribution in [1.82, 2.24) is 14.7 Å². The van der Waals surface area contributed by atoms with Crippen molar-refractivity contribution in [2.75, 3.05) is 43.5 Å². The number of ether oxygens (including phenoxy) is 1. The summed E-state index contributed by atoms with van der Waals surface area (Å²) >= 11 is 1.60. The maximum Gasteiger partial charge on any atom is 0.242 e. The van der Waals surface area contributed by atoms with Gasteiger partial charge in [-0.25, -0.2) is 4.68 Å². The van der Waals surface area contributed by atoms with Gasteiger partial charge in [-0.1, -0.05) is 72.3 Å². The lowest BCUT2D eigenvalue weighted by atomic mass is 9.96. The monoisotopic (exact) mass is 566 g/mol. The number of thioether (sulfide) groups is 1. The molecule has 0 bridgehead atoms. The summed E-state index contributed by atoms with van der Waals surface area (Å²) in [6.45, 7) is 8.27. The van der Waals surface area contributed by atoms with E-state index in [2.05, 4.69) is 63.2 Å². The van der Waals surface area contributed by atoms with E-state index >= 15 is 0 Å². The molecule has 3 heterocycles. The van der Waals surface area contributed by atoms with E-state index in [1.54, 1.807) is 21.6 Å². The molecule has 0 aliphatic carbocycles. The van der Waals surface area contributed by atoms with Gasteiger partial charge in [0.1, 0.15) is 12.4 Å². The number of rotatable bonds is 5. The van der Waals surface area contributed by atoms with E-state index in [4.69, 9.17) is 9.84 Å². The lowest BCUT2D eigenvalue weighted by Crippen LogP contribution is -2.48. The van der Waals surface area contributed by atoms with Crippen LogP contribution in [0.3, 0.4) is 0 Å². The largest absolute Gasteiger partial charge is 0.378 e. The smallest absolute Gasteiger partial charge is 0.242 e. The Morgan fingerprint density at radius 2 is 1.68 bits per heavy atom. The van der Waals surface area contributed by atoms with Crippen LogP contribution in [0.1, 0.15) is 33.1 Å². The van der Waals surface area contributed by atoms with Crippen LogP contribution in [0.2, 0.25) is 0 Å². The summed E-state index contributed by atoms with van der Waals surface area (Å²) in [6, 6.07) is 24.7. The third-order valence-corrected chi connectivity index (χ3v) is 9.08. The summed E-state index contributed by atoms with van der Waals surface area (Å²) in [7, 11) is 0. The van der Waals surface area contributed by atoms with E-state index in [9.17, 15) is 9.59 Å². The SMILES string of the molecule is Cc1ccc(-n2nc(-c3ccccc3)c3c2N(CC(=O)N2CCOCC2)C(=O)CSC3c2ccccc2C)c(C)c1. The van der Waals surface area contributed by atoms with Crippen molar-refractivity contribution in [2.24, 2.45) is 0 Å². The summed E-state index contributed by atoms with van der Waals surface area (Å²) in [5.41, 5.74) is 8.13. The number of carbonyl (C=O) groups is 2. The Morgan fingerprint density at radius 1 is 0.951 bits per heavy atom. The maximum absolute atomic E-state index is 14.0. The van der Waals surface area contributed by atoms with Gasteiger partial charge in [0.2, 0.25) is 11.8 Å². The van der Waals surface area contributed by atoms with Gasteiger partial charge in [0.15, 0.2) is 0 Å². The van der Waals surface area contributed by atoms with Crippen LogP contribution < -0.4 is 4.90 Å². The van der Waals surface area contributed by atoms with Crippen molar-refractivity contribution < 1.29 is 14.3 Å². The molecule has 6 rings (SSSR count). The fraction of sp³-hybridized carbons (Fsp3) is 0.303. The van der Waals surface area contributed by atoms with Gasteiger partial charge in [-0.3, -0.25) is 14.5 Å². The lowest BCUT2D eigenvalue weighted by Gasteiger charge is -2.30. The zero-order valence-corrected chi connectivity index (χ0v) is 24.5. The first-order valence-corrected chi connectivity index (χ1v) is 15.1. The van der Waals surface area contributed by atoms with Crippen LogP contribution in [0.5, 0.6) is 0 Å². The van der Waals surface area contributed by atoms with E-state index in [-0.39, 0.29) is 29.4 Å². The van der Waals surface area contributed by atoms with Gasteiger partial charge >= 0.3 is 0 Å². The molecule has 1 saturated heterocycles. The van der Waals surface area contributed by atoms with Crippen molar-refractivity contribution in [3.05, 3.63) is 101 Å². The number of aromatic nitrogens is 2. The molecule has 41 heavy (non-hydrogen) atoms. The molecule has 0 radical (unpaired) electrons. The molecular weight excluding hydrogens is 532 g/mol. The Morgan fingerprint density at radius 3 is 2.41 bits per heavy atom. The molecule has 1 atom stereocenters. The maximum atomic E-state index is 14.0. The number of hydrogen-bond acceptors (Lipinski definition) is 5. The highest BCUT2D eigenvalue weighted by Gasteiger charge is 2.38. The number of aryl methyl sites for hydroxylation is 3. The molecule has 0 saturated carbocycles. The van der Waals surface area contributed by atoms with E-state index in [0.717, 1.165) is 44.8 Å². The Labute approximate surface area is 245 Å². The number of nitrogens with zero attached hydrogens (tertiary/aromatic N) is 4. The second kappa shape index (κ2) is 11.5. The second-order valence-corrected chi connectivity index (χ2v) is 11.8. The van der Waals surface area contributed by atoms with E-state index in [1.165, 1.54) is 0 Å². The first-order valence-electron chi connectivity index (χ1n) is 14.0. The van der Waals surface area contributed by atoms with Crippen LogP contribution >= 0.6 is 11.8 Å². The Kier molecular flexibility index (Phi) is 7.69. The first-order chi connectivity index (χ1) is 19.9. The zero-order chi connectivity index (χ0) is 28.5. The van der Waals surface area contributed by atoms with Gasteiger partial charge in [-0.05, 0) is 43.5 Å². The van der Waals surface area contributed by atoms with Gasteiger partial charge in [0.05, 0.1) is 35.6 Å². The molecule has 4 aromatic rings. The highest BCUT2D eigenvalue weighted by atomic mass is 32.2. The highest BCUT2D eigenvalue weighted by Crippen LogP contribution is 2.49. The van der Waals surface area contributed by atoms with Crippen molar-refractivity contribution >= 4 is 29.4 Å². The molecule has 1 unspecified atom stereocenters. The molecule has 3 aromatic carbocycles. The third-order valence-electron chi connectivity index (χ3n) is 7.84. The minimum Gasteiger partial charge on any atom is -0.378 e. The molecule has 8 heteroatoms. The fourth-order valence-electron chi connectivity index (χ4n) is 5.71. The summed E-state index contributed by atoms with van der Waals surface area (Å²) in [5.74, 6) is 0.743. The highest BCUT2D eigenvalue weighted by molar-refractivity contribution is 8.00. The summed E-state index contributed by atoms with van der Waals surface area (Å²) < 4.78 is 7.37. The van der Waals surface area contributed by atoms with Gasteiger partial charge in [0.25, 0.3) is 0 Å². The van der Waals surface area contributed by atoms with Crippen molar-refractivity contribution in [2.45, 2.75) is 26.0 Å². The van der Waals surface area contributed by atoms with Crippen LogP contribution in [0.25, 0.3) is 16.9 Å². The molecule has 210 valence electrons. The average Bonchev–Trinajstić information content (AvgIpc) is 3.30. The van der Waals surface area contributed by atoms with Crippen LogP contribution in [0.15, 0.2) is 72.8 Å². The minimum atomic E-state index is -0.145. The normalized spacial score (nSPS) is 17.3. The number of hydrogen-bond donors (Lipinski definition) is 0. The summed E-state index contributed by atoms with van der Waals surface area (Å²) in [4.78, 5) is 31.1. The quantitative estimate of drug-likeness (QED) is 0.320. The van der Waals surface area contributed by atoms with Gasteiger partial charge in [-0.15, -0.1) is 11.8 Å². The minimum absolute atomic E-state index is 0.0439. The molecule has 1 fully saturated rings. The standard InChI is InChI=1S/C33H34N4O3S/c1-22-13-14-27(24(3)19-22)37-33-30(31(34-37)25-10-5-4-6-11-25)32(26-12-8-7-9-23(26)2)41-21-29(39)36(33)20-28(38)35-15-17-40-18-16-35/h4-14,19,32H,15-18,20-21H2,1-3H3. The van der Waals surface area contributed by atoms with E-state index in [0.29, 0.717) is 32.1 Å². The predicted molar refractivity (Wildman–Crippen MR) is 164 cm³/mol. The third kappa shape index (κ3) is 5.29. The average molecular weight is 567 g/mol. The summed E-state index contributed by atoms with van der Waals surface area (Å²) in [5, 5.41) is 5.09. The van der Waals surface area contributed by atoms with Gasteiger partial charge < -0.3 is 9.64 Å². The van der Waals surface area contributed by atoms with E-state index in [1.807, 2.05) is 35.0 Å². The topological polar surface area (TPSA) is 67.7 Å². The number of morpholine rings is 1. The summed E-state index contributed by atoms with van der Waals surface area (Å²) in [6.07, 6.45) is 0.